The van der Waals surface area contributed by atoms with Crippen LogP contribution in [0.25, 0.3) is 0 Å². The molecule has 1 rings (SSSR count). The molecule has 0 aliphatic rings. The molecule has 0 saturated carbocycles. The average molecular weight is 314 g/mol. The minimum Gasteiger partial charge on any atom is -0.402 e. The zero-order valence-electron chi connectivity index (χ0n) is 12.7. The smallest absolute Gasteiger partial charge is 0.402 e. The number of ether oxygens (including phenoxy) is 4. The van der Waals surface area contributed by atoms with Crippen molar-refractivity contribution in [2.24, 2.45) is 0 Å². The van der Waals surface area contributed by atoms with Crippen LogP contribution >= 0.6 is 0 Å². The highest BCUT2D eigenvalue weighted by Gasteiger charge is 2.21. The van der Waals surface area contributed by atoms with Crippen molar-refractivity contribution in [2.75, 3.05) is 0 Å². The number of carbonyl (C=O) groups excluding carboxylic acids is 2. The first kappa shape index (κ1) is 17.7. The van der Waals surface area contributed by atoms with Gasteiger partial charge in [-0.3, -0.25) is 0 Å². The first-order chi connectivity index (χ1) is 9.94. The maximum absolute atomic E-state index is 11.3. The van der Waals surface area contributed by atoms with Crippen LogP contribution in [0.4, 0.5) is 9.59 Å². The summed E-state index contributed by atoms with van der Waals surface area (Å²) in [5.41, 5.74) is 0. The first-order valence-corrected chi connectivity index (χ1v) is 6.31. The monoisotopic (exact) mass is 314 g/mol. The van der Waals surface area contributed by atoms with Crippen molar-refractivity contribution in [3.05, 3.63) is 24.3 Å². The molecular formula is C14H18O8. The maximum atomic E-state index is 11.3. The second kappa shape index (κ2) is 6.63. The molecule has 0 unspecified atom stereocenters. The molecule has 0 aromatic heterocycles. The second-order valence-electron chi connectivity index (χ2n) is 5.27. The van der Waals surface area contributed by atoms with Gasteiger partial charge in [-0.15, -0.1) is 0 Å². The van der Waals surface area contributed by atoms with E-state index in [2.05, 4.69) is 9.47 Å². The first-order valence-electron chi connectivity index (χ1n) is 6.31. The Hall–Kier alpha value is -2.32. The van der Waals surface area contributed by atoms with Gasteiger partial charge in [0.2, 0.25) is 11.6 Å². The zero-order valence-corrected chi connectivity index (χ0v) is 12.7. The van der Waals surface area contributed by atoms with Crippen LogP contribution in [0.5, 0.6) is 11.5 Å². The van der Waals surface area contributed by atoms with Gasteiger partial charge in [-0.2, -0.15) is 0 Å². The number of aliphatic hydroxyl groups is 2. The Balaban J connectivity index is 2.56. The molecule has 1 aromatic rings. The van der Waals surface area contributed by atoms with E-state index in [9.17, 15) is 19.8 Å². The van der Waals surface area contributed by atoms with E-state index in [-0.39, 0.29) is 11.5 Å². The van der Waals surface area contributed by atoms with Gasteiger partial charge in [-0.1, -0.05) is 0 Å². The van der Waals surface area contributed by atoms with Crippen molar-refractivity contribution in [2.45, 2.75) is 39.3 Å². The van der Waals surface area contributed by atoms with Crippen LogP contribution < -0.4 is 9.47 Å². The fourth-order valence-electron chi connectivity index (χ4n) is 1.22. The lowest BCUT2D eigenvalue weighted by atomic mass is 10.3. The van der Waals surface area contributed by atoms with Crippen molar-refractivity contribution < 1.29 is 38.7 Å². The lowest BCUT2D eigenvalue weighted by Gasteiger charge is -2.18. The Morgan fingerprint density at radius 3 is 1.27 bits per heavy atom. The number of rotatable bonds is 4. The lowest BCUT2D eigenvalue weighted by Crippen LogP contribution is -2.29. The van der Waals surface area contributed by atoms with Gasteiger partial charge in [0.15, 0.2) is 0 Å². The molecule has 8 nitrogen and oxygen atoms in total. The summed E-state index contributed by atoms with van der Waals surface area (Å²) in [7, 11) is 0. The van der Waals surface area contributed by atoms with Gasteiger partial charge in [0.1, 0.15) is 11.5 Å². The summed E-state index contributed by atoms with van der Waals surface area (Å²) >= 11 is 0. The van der Waals surface area contributed by atoms with Gasteiger partial charge in [0.05, 0.1) is 0 Å². The van der Waals surface area contributed by atoms with E-state index in [4.69, 9.17) is 9.47 Å². The summed E-state index contributed by atoms with van der Waals surface area (Å²) in [5, 5.41) is 18.6. The van der Waals surface area contributed by atoms with Gasteiger partial charge in [0, 0.05) is 27.7 Å². The fourth-order valence-corrected chi connectivity index (χ4v) is 1.22. The normalized spacial score (nSPS) is 11.5. The van der Waals surface area contributed by atoms with Crippen LogP contribution in [0.1, 0.15) is 27.7 Å². The minimum atomic E-state index is -1.65. The molecule has 0 heterocycles. The highest BCUT2D eigenvalue weighted by atomic mass is 16.8. The third kappa shape index (κ3) is 7.46. The van der Waals surface area contributed by atoms with E-state index < -0.39 is 23.9 Å². The van der Waals surface area contributed by atoms with E-state index in [0.717, 1.165) is 0 Å². The lowest BCUT2D eigenvalue weighted by molar-refractivity contribution is -0.143. The molecule has 0 amide bonds. The van der Waals surface area contributed by atoms with Gasteiger partial charge in [-0.25, -0.2) is 9.59 Å². The van der Waals surface area contributed by atoms with Gasteiger partial charge >= 0.3 is 12.3 Å². The molecular weight excluding hydrogens is 296 g/mol. The third-order valence-corrected chi connectivity index (χ3v) is 1.89. The van der Waals surface area contributed by atoms with E-state index in [0.29, 0.717) is 0 Å². The van der Waals surface area contributed by atoms with E-state index in [1.807, 2.05) is 0 Å². The molecule has 22 heavy (non-hydrogen) atoms. The fraction of sp³-hybridized carbons (Fsp3) is 0.429. The number of hydrogen-bond donors (Lipinski definition) is 2. The SMILES string of the molecule is CC(C)(O)OC(=O)Oc1ccc(OC(=O)OC(C)(C)O)cc1. The predicted molar refractivity (Wildman–Crippen MR) is 73.3 cm³/mol. The quantitative estimate of drug-likeness (QED) is 0.494. The molecule has 2 N–H and O–H groups in total. The second-order valence-corrected chi connectivity index (χ2v) is 5.27. The average Bonchev–Trinajstić information content (AvgIpc) is 2.26. The largest absolute Gasteiger partial charge is 0.516 e. The molecule has 0 fully saturated rings. The van der Waals surface area contributed by atoms with Gasteiger partial charge in [0.25, 0.3) is 0 Å². The molecule has 122 valence electrons. The molecule has 0 saturated heterocycles. The molecule has 0 aliphatic carbocycles. The van der Waals surface area contributed by atoms with Gasteiger partial charge in [-0.05, 0) is 24.3 Å². The Labute approximate surface area is 127 Å². The highest BCUT2D eigenvalue weighted by molar-refractivity contribution is 5.65. The zero-order chi connectivity index (χ0) is 17.0. The van der Waals surface area contributed by atoms with Crippen molar-refractivity contribution >= 4 is 12.3 Å². The Kier molecular flexibility index (Phi) is 5.34. The molecule has 0 radical (unpaired) electrons. The Morgan fingerprint density at radius 1 is 0.773 bits per heavy atom. The predicted octanol–water partition coefficient (Wildman–Crippen LogP) is 2.17. The van der Waals surface area contributed by atoms with E-state index in [1.165, 1.54) is 52.0 Å². The highest BCUT2D eigenvalue weighted by Crippen LogP contribution is 2.19. The Morgan fingerprint density at radius 2 is 1.05 bits per heavy atom. The summed E-state index contributed by atoms with van der Waals surface area (Å²) in [4.78, 5) is 22.6. The molecule has 1 aromatic carbocycles. The molecule has 0 aliphatic heterocycles. The van der Waals surface area contributed by atoms with Crippen LogP contribution in [-0.4, -0.2) is 34.1 Å². The summed E-state index contributed by atoms with van der Waals surface area (Å²) in [6.45, 7) is 5.11. The van der Waals surface area contributed by atoms with Crippen LogP contribution in [0.2, 0.25) is 0 Å². The Bertz CT molecular complexity index is 472. The molecule has 8 heteroatoms. The summed E-state index contributed by atoms with van der Waals surface area (Å²) in [5.74, 6) is -3.06. The standard InChI is InChI=1S/C14H18O8/c1-13(2,17)21-11(15)19-9-5-7-10(8-6-9)20-12(16)22-14(3,4)18/h5-8,17-18H,1-4H3. The number of hydrogen-bond acceptors (Lipinski definition) is 8. The maximum Gasteiger partial charge on any atom is 0.516 e. The van der Waals surface area contributed by atoms with Crippen LogP contribution in [0.15, 0.2) is 24.3 Å². The molecule has 0 spiro atoms. The minimum absolute atomic E-state index is 0.123. The summed E-state index contributed by atoms with van der Waals surface area (Å²) in [6, 6.07) is 5.38. The van der Waals surface area contributed by atoms with Crippen LogP contribution in [0, 0.1) is 0 Å². The number of carbonyl (C=O) groups is 2. The van der Waals surface area contributed by atoms with E-state index >= 15 is 0 Å². The number of benzene rings is 1. The van der Waals surface area contributed by atoms with Gasteiger partial charge < -0.3 is 29.2 Å². The van der Waals surface area contributed by atoms with Crippen molar-refractivity contribution in [1.82, 2.24) is 0 Å². The summed E-state index contributed by atoms with van der Waals surface area (Å²) in [6.07, 6.45) is -2.16. The third-order valence-electron chi connectivity index (χ3n) is 1.89. The van der Waals surface area contributed by atoms with E-state index in [1.54, 1.807) is 0 Å². The van der Waals surface area contributed by atoms with Crippen molar-refractivity contribution in [3.8, 4) is 11.5 Å². The van der Waals surface area contributed by atoms with Crippen LogP contribution in [0.3, 0.4) is 0 Å². The van der Waals surface area contributed by atoms with Crippen LogP contribution in [-0.2, 0) is 9.47 Å². The molecule has 0 atom stereocenters. The van der Waals surface area contributed by atoms with Crippen molar-refractivity contribution in [3.63, 3.8) is 0 Å². The van der Waals surface area contributed by atoms with Crippen molar-refractivity contribution in [1.29, 1.82) is 0 Å². The topological polar surface area (TPSA) is 112 Å². The summed E-state index contributed by atoms with van der Waals surface area (Å²) < 4.78 is 18.7. The molecule has 0 bridgehead atoms.